The van der Waals surface area contributed by atoms with Gasteiger partial charge in [-0.3, -0.25) is 4.99 Å². The molecule has 1 aromatic carbocycles. The number of nitrogens with zero attached hydrogens (tertiary/aromatic N) is 4. The monoisotopic (exact) mass is 563 g/mol. The van der Waals surface area contributed by atoms with Gasteiger partial charge in [-0.05, 0) is 37.5 Å². The number of sulfonamides is 1. The van der Waals surface area contributed by atoms with Crippen LogP contribution in [0.15, 0.2) is 39.5 Å². The maximum atomic E-state index is 12.8. The van der Waals surface area contributed by atoms with E-state index in [1.807, 2.05) is 31.0 Å². The molecule has 1 fully saturated rings. The van der Waals surface area contributed by atoms with Crippen molar-refractivity contribution in [2.75, 3.05) is 27.2 Å². The van der Waals surface area contributed by atoms with Gasteiger partial charge in [0, 0.05) is 39.1 Å². The summed E-state index contributed by atoms with van der Waals surface area (Å²) in [6, 6.07) is 7.12. The van der Waals surface area contributed by atoms with Crippen LogP contribution in [-0.4, -0.2) is 55.8 Å². The molecular weight excluding hydrogens is 533 g/mol. The topological polar surface area (TPSA) is 77.9 Å². The Morgan fingerprint density at radius 3 is 2.47 bits per heavy atom. The van der Waals surface area contributed by atoms with E-state index in [4.69, 9.17) is 0 Å². The van der Waals surface area contributed by atoms with Crippen LogP contribution in [0.5, 0.6) is 0 Å². The standard InChI is InChI=1S/C20H29N5O2S2.HI/c1-16-23-18(15-28-16)14-24(3)20(21-2)22-13-17-7-9-19(10-8-17)29(26,27)25-11-5-4-6-12-25;/h7-10,15H,4-6,11-14H2,1-3H3,(H,21,22);1H. The average Bonchev–Trinajstić information content (AvgIpc) is 3.14. The summed E-state index contributed by atoms with van der Waals surface area (Å²) in [7, 11) is 0.334. The number of hydrogen-bond donors (Lipinski definition) is 1. The summed E-state index contributed by atoms with van der Waals surface area (Å²) in [6.45, 7) is 4.48. The van der Waals surface area contributed by atoms with Crippen LogP contribution in [0.2, 0.25) is 0 Å². The van der Waals surface area contributed by atoms with E-state index in [0.717, 1.165) is 41.5 Å². The quantitative estimate of drug-likeness (QED) is 0.331. The van der Waals surface area contributed by atoms with E-state index in [1.165, 1.54) is 0 Å². The van der Waals surface area contributed by atoms with Crippen LogP contribution in [0.4, 0.5) is 0 Å². The number of aliphatic imine (C=N–C) groups is 1. The molecular formula is C20H30IN5O2S2. The predicted molar refractivity (Wildman–Crippen MR) is 133 cm³/mol. The Labute approximate surface area is 200 Å². The molecule has 166 valence electrons. The lowest BCUT2D eigenvalue weighted by Crippen LogP contribution is -2.38. The first kappa shape index (κ1) is 25.0. The Bertz CT molecular complexity index is 938. The van der Waals surface area contributed by atoms with Crippen molar-refractivity contribution in [3.63, 3.8) is 0 Å². The molecule has 0 amide bonds. The van der Waals surface area contributed by atoms with Gasteiger partial charge in [-0.1, -0.05) is 18.6 Å². The normalized spacial score (nSPS) is 15.5. The second kappa shape index (κ2) is 11.4. The molecule has 0 saturated carbocycles. The van der Waals surface area contributed by atoms with Gasteiger partial charge in [-0.2, -0.15) is 4.31 Å². The fourth-order valence-corrected chi connectivity index (χ4v) is 5.52. The van der Waals surface area contributed by atoms with Crippen molar-refractivity contribution in [3.05, 3.63) is 45.9 Å². The predicted octanol–water partition coefficient (Wildman–Crippen LogP) is 3.45. The van der Waals surface area contributed by atoms with Crippen LogP contribution in [0.1, 0.15) is 35.5 Å². The number of nitrogens with one attached hydrogen (secondary N) is 1. The number of aryl methyl sites for hydroxylation is 1. The molecule has 0 unspecified atom stereocenters. The van der Waals surface area contributed by atoms with Crippen LogP contribution in [0.3, 0.4) is 0 Å². The third-order valence-electron chi connectivity index (χ3n) is 4.97. The SMILES string of the molecule is CN=C(NCc1ccc(S(=O)(=O)N2CCCCC2)cc1)N(C)Cc1csc(C)n1.I. The largest absolute Gasteiger partial charge is 0.352 e. The molecule has 1 saturated heterocycles. The fraction of sp³-hybridized carbons (Fsp3) is 0.500. The summed E-state index contributed by atoms with van der Waals surface area (Å²) in [6.07, 6.45) is 2.98. The zero-order valence-corrected chi connectivity index (χ0v) is 21.6. The van der Waals surface area contributed by atoms with Gasteiger partial charge in [0.1, 0.15) is 0 Å². The van der Waals surface area contributed by atoms with Crippen molar-refractivity contribution in [2.45, 2.75) is 44.2 Å². The van der Waals surface area contributed by atoms with Gasteiger partial charge in [-0.15, -0.1) is 35.3 Å². The van der Waals surface area contributed by atoms with Crippen molar-refractivity contribution in [2.24, 2.45) is 4.99 Å². The summed E-state index contributed by atoms with van der Waals surface area (Å²) in [5, 5.41) is 6.43. The van der Waals surface area contributed by atoms with E-state index in [0.29, 0.717) is 31.1 Å². The molecule has 1 aliphatic heterocycles. The van der Waals surface area contributed by atoms with Gasteiger partial charge in [0.25, 0.3) is 0 Å². The van der Waals surface area contributed by atoms with Crippen molar-refractivity contribution < 1.29 is 8.42 Å². The maximum absolute atomic E-state index is 12.8. The molecule has 0 aliphatic carbocycles. The molecule has 2 aromatic rings. The smallest absolute Gasteiger partial charge is 0.243 e. The Morgan fingerprint density at radius 1 is 1.23 bits per heavy atom. The van der Waals surface area contributed by atoms with Crippen LogP contribution < -0.4 is 5.32 Å². The highest BCUT2D eigenvalue weighted by molar-refractivity contribution is 14.0. The van der Waals surface area contributed by atoms with Crippen molar-refractivity contribution in [1.82, 2.24) is 19.5 Å². The van der Waals surface area contributed by atoms with E-state index in [2.05, 4.69) is 20.7 Å². The lowest BCUT2D eigenvalue weighted by Gasteiger charge is -2.26. The lowest BCUT2D eigenvalue weighted by molar-refractivity contribution is 0.346. The Morgan fingerprint density at radius 2 is 1.90 bits per heavy atom. The van der Waals surface area contributed by atoms with Crippen LogP contribution in [0.25, 0.3) is 0 Å². The van der Waals surface area contributed by atoms with Gasteiger partial charge in [0.2, 0.25) is 10.0 Å². The molecule has 1 aliphatic rings. The molecule has 1 aromatic heterocycles. The summed E-state index contributed by atoms with van der Waals surface area (Å²) < 4.78 is 27.1. The van der Waals surface area contributed by atoms with Crippen LogP contribution in [0, 0.1) is 6.92 Å². The first-order chi connectivity index (χ1) is 13.9. The maximum Gasteiger partial charge on any atom is 0.243 e. The summed E-state index contributed by atoms with van der Waals surface area (Å²) in [5.41, 5.74) is 2.02. The van der Waals surface area contributed by atoms with Crippen LogP contribution >= 0.6 is 35.3 Å². The Kier molecular flexibility index (Phi) is 9.51. The summed E-state index contributed by atoms with van der Waals surface area (Å²) in [4.78, 5) is 11.2. The molecule has 1 N–H and O–H groups in total. The molecule has 2 heterocycles. The Hall–Kier alpha value is -1.24. The number of piperidine rings is 1. The fourth-order valence-electron chi connectivity index (χ4n) is 3.40. The zero-order chi connectivity index (χ0) is 20.9. The van der Waals surface area contributed by atoms with Gasteiger partial charge in [-0.25, -0.2) is 13.4 Å². The highest BCUT2D eigenvalue weighted by Gasteiger charge is 2.25. The van der Waals surface area contributed by atoms with E-state index in [1.54, 1.807) is 34.8 Å². The van der Waals surface area contributed by atoms with E-state index >= 15 is 0 Å². The second-order valence-corrected chi connectivity index (χ2v) is 10.2. The molecule has 0 spiro atoms. The minimum Gasteiger partial charge on any atom is -0.352 e. The molecule has 30 heavy (non-hydrogen) atoms. The molecule has 7 nitrogen and oxygen atoms in total. The molecule has 0 radical (unpaired) electrons. The van der Waals surface area contributed by atoms with Gasteiger partial charge in [0.05, 0.1) is 22.1 Å². The van der Waals surface area contributed by atoms with Gasteiger partial charge in [0.15, 0.2) is 5.96 Å². The summed E-state index contributed by atoms with van der Waals surface area (Å²) in [5.74, 6) is 0.765. The highest BCUT2D eigenvalue weighted by Crippen LogP contribution is 2.21. The first-order valence-electron chi connectivity index (χ1n) is 9.82. The third kappa shape index (κ3) is 6.38. The van der Waals surface area contributed by atoms with E-state index in [9.17, 15) is 8.42 Å². The van der Waals surface area contributed by atoms with Gasteiger partial charge < -0.3 is 10.2 Å². The molecule has 0 bridgehead atoms. The number of halogens is 1. The molecule has 10 heteroatoms. The molecule has 3 rings (SSSR count). The number of aromatic nitrogens is 1. The van der Waals surface area contributed by atoms with Crippen molar-refractivity contribution in [1.29, 1.82) is 0 Å². The van der Waals surface area contributed by atoms with E-state index in [-0.39, 0.29) is 24.0 Å². The van der Waals surface area contributed by atoms with E-state index < -0.39 is 10.0 Å². The first-order valence-corrected chi connectivity index (χ1v) is 12.1. The number of benzene rings is 1. The minimum atomic E-state index is -3.39. The molecule has 0 atom stereocenters. The minimum absolute atomic E-state index is 0. The second-order valence-electron chi connectivity index (χ2n) is 7.22. The summed E-state index contributed by atoms with van der Waals surface area (Å²) >= 11 is 1.64. The average molecular weight is 564 g/mol. The van der Waals surface area contributed by atoms with Gasteiger partial charge >= 0.3 is 0 Å². The lowest BCUT2D eigenvalue weighted by atomic mass is 10.2. The zero-order valence-electron chi connectivity index (χ0n) is 17.7. The van der Waals surface area contributed by atoms with Crippen molar-refractivity contribution >= 4 is 51.3 Å². The van der Waals surface area contributed by atoms with Crippen molar-refractivity contribution in [3.8, 4) is 0 Å². The number of rotatable bonds is 6. The van der Waals surface area contributed by atoms with Crippen LogP contribution in [-0.2, 0) is 23.1 Å². The third-order valence-corrected chi connectivity index (χ3v) is 7.70. The number of thiazole rings is 1. The number of guanidine groups is 1. The number of hydrogen-bond acceptors (Lipinski definition) is 5. The highest BCUT2D eigenvalue weighted by atomic mass is 127. The Balaban J connectivity index is 0.00000320.